The summed E-state index contributed by atoms with van der Waals surface area (Å²) in [5.74, 6) is 0.852. The van der Waals surface area contributed by atoms with Gasteiger partial charge in [0.1, 0.15) is 13.2 Å². The topological polar surface area (TPSA) is 104 Å². The van der Waals surface area contributed by atoms with E-state index in [0.29, 0.717) is 35.4 Å². The predicted octanol–water partition coefficient (Wildman–Crippen LogP) is 1.12. The maximum atomic E-state index is 12.2. The van der Waals surface area contributed by atoms with Crippen LogP contribution in [0.2, 0.25) is 0 Å². The van der Waals surface area contributed by atoms with Gasteiger partial charge in [0.15, 0.2) is 16.6 Å². The first-order valence-corrected chi connectivity index (χ1v) is 9.20. The molecule has 0 saturated carbocycles. The van der Waals surface area contributed by atoms with E-state index in [1.807, 2.05) is 6.07 Å². The van der Waals surface area contributed by atoms with Gasteiger partial charge in [-0.1, -0.05) is 11.3 Å². The van der Waals surface area contributed by atoms with Crippen molar-refractivity contribution in [2.24, 2.45) is 14.1 Å². The average molecular weight is 400 g/mol. The van der Waals surface area contributed by atoms with Crippen LogP contribution in [0, 0.1) is 0 Å². The van der Waals surface area contributed by atoms with Crippen LogP contribution in [0.25, 0.3) is 16.3 Å². The fourth-order valence-electron chi connectivity index (χ4n) is 2.78. The standard InChI is InChI=1S/C18H16N4O5S/c1-21-9-10(16(24)22(2)18(21)25)3-4-15(23)20-17-19-11-7-12-13(8-14(11)28-17)27-6-5-26-12/h3-4,7-9H,5-6H2,1-2H3,(H,19,20,23)/b4-3+. The molecule has 0 unspecified atom stereocenters. The first kappa shape index (κ1) is 18.0. The maximum Gasteiger partial charge on any atom is 0.330 e. The number of amides is 1. The zero-order valence-electron chi connectivity index (χ0n) is 15.1. The Hall–Kier alpha value is -3.40. The number of thiazole rings is 1. The average Bonchev–Trinajstić information content (AvgIpc) is 3.07. The van der Waals surface area contributed by atoms with E-state index in [-0.39, 0.29) is 5.56 Å². The smallest absolute Gasteiger partial charge is 0.330 e. The minimum absolute atomic E-state index is 0.228. The van der Waals surface area contributed by atoms with Crippen LogP contribution >= 0.6 is 11.3 Å². The molecular weight excluding hydrogens is 384 g/mol. The number of carbonyl (C=O) groups excluding carboxylic acids is 1. The van der Waals surface area contributed by atoms with Gasteiger partial charge in [-0.15, -0.1) is 0 Å². The second kappa shape index (κ2) is 6.97. The number of benzene rings is 1. The van der Waals surface area contributed by atoms with Gasteiger partial charge in [0, 0.05) is 38.5 Å². The number of carbonyl (C=O) groups is 1. The summed E-state index contributed by atoms with van der Waals surface area (Å²) >= 11 is 1.31. The molecule has 9 nitrogen and oxygen atoms in total. The number of aryl methyl sites for hydroxylation is 1. The molecule has 1 aliphatic heterocycles. The number of anilines is 1. The Labute approximate surface area is 162 Å². The van der Waals surface area contributed by atoms with Crippen molar-refractivity contribution < 1.29 is 14.3 Å². The van der Waals surface area contributed by atoms with E-state index >= 15 is 0 Å². The number of ether oxygens (including phenoxy) is 2. The molecule has 4 rings (SSSR count). The van der Waals surface area contributed by atoms with E-state index < -0.39 is 17.2 Å². The van der Waals surface area contributed by atoms with Crippen molar-refractivity contribution in [2.45, 2.75) is 0 Å². The fraction of sp³-hybridized carbons (Fsp3) is 0.222. The summed E-state index contributed by atoms with van der Waals surface area (Å²) < 4.78 is 14.2. The van der Waals surface area contributed by atoms with E-state index in [4.69, 9.17) is 9.47 Å². The summed E-state index contributed by atoms with van der Waals surface area (Å²) in [4.78, 5) is 40.4. The van der Waals surface area contributed by atoms with Gasteiger partial charge in [0.2, 0.25) is 5.91 Å². The monoisotopic (exact) mass is 400 g/mol. The molecule has 3 aromatic rings. The first-order valence-electron chi connectivity index (χ1n) is 8.38. The van der Waals surface area contributed by atoms with E-state index in [1.54, 1.807) is 6.07 Å². The second-order valence-corrected chi connectivity index (χ2v) is 7.18. The van der Waals surface area contributed by atoms with Crippen molar-refractivity contribution in [2.75, 3.05) is 18.5 Å². The highest BCUT2D eigenvalue weighted by atomic mass is 32.1. The number of hydrogen-bond acceptors (Lipinski definition) is 7. The number of fused-ring (bicyclic) bond motifs is 2. The summed E-state index contributed by atoms with van der Waals surface area (Å²) in [5.41, 5.74) is 0.0148. The van der Waals surface area contributed by atoms with Crippen LogP contribution < -0.4 is 26.0 Å². The number of nitrogens with one attached hydrogen (secondary N) is 1. The van der Waals surface area contributed by atoms with Crippen molar-refractivity contribution in [3.63, 3.8) is 0 Å². The highest BCUT2D eigenvalue weighted by molar-refractivity contribution is 7.22. The molecule has 0 atom stereocenters. The molecule has 2 aromatic heterocycles. The molecular formula is C18H16N4O5S. The lowest BCUT2D eigenvalue weighted by molar-refractivity contribution is -0.111. The zero-order valence-corrected chi connectivity index (χ0v) is 15.9. The summed E-state index contributed by atoms with van der Waals surface area (Å²) in [6, 6.07) is 3.61. The molecule has 1 aliphatic rings. The minimum Gasteiger partial charge on any atom is -0.486 e. The number of nitrogens with zero attached hydrogens (tertiary/aromatic N) is 3. The molecule has 0 bridgehead atoms. The molecule has 0 aliphatic carbocycles. The van der Waals surface area contributed by atoms with E-state index in [9.17, 15) is 14.4 Å². The lowest BCUT2D eigenvalue weighted by Crippen LogP contribution is -2.37. The maximum absolute atomic E-state index is 12.2. The molecule has 1 N–H and O–H groups in total. The zero-order chi connectivity index (χ0) is 19.8. The van der Waals surface area contributed by atoms with Crippen LogP contribution in [-0.4, -0.2) is 33.2 Å². The molecule has 0 saturated heterocycles. The molecule has 0 fully saturated rings. The van der Waals surface area contributed by atoms with Crippen molar-refractivity contribution in [3.05, 3.63) is 50.8 Å². The third-order valence-electron chi connectivity index (χ3n) is 4.17. The SMILES string of the molecule is Cn1cc(/C=C/C(=O)Nc2nc3cc4c(cc3s2)OCCO4)c(=O)n(C)c1=O. The van der Waals surface area contributed by atoms with Gasteiger partial charge in [-0.3, -0.25) is 19.5 Å². The fourth-order valence-corrected chi connectivity index (χ4v) is 3.66. The van der Waals surface area contributed by atoms with Crippen molar-refractivity contribution in [3.8, 4) is 11.5 Å². The number of hydrogen-bond donors (Lipinski definition) is 1. The molecule has 1 amide bonds. The summed E-state index contributed by atoms with van der Waals surface area (Å²) in [5, 5.41) is 3.09. The molecule has 10 heteroatoms. The van der Waals surface area contributed by atoms with E-state index in [1.165, 1.54) is 48.3 Å². The van der Waals surface area contributed by atoms with Gasteiger partial charge in [-0.05, 0) is 6.08 Å². The van der Waals surface area contributed by atoms with Crippen LogP contribution in [0.3, 0.4) is 0 Å². The van der Waals surface area contributed by atoms with Gasteiger partial charge < -0.3 is 14.0 Å². The lowest BCUT2D eigenvalue weighted by atomic mass is 10.3. The Bertz CT molecular complexity index is 1190. The largest absolute Gasteiger partial charge is 0.486 e. The van der Waals surface area contributed by atoms with Crippen LogP contribution in [0.4, 0.5) is 5.13 Å². The van der Waals surface area contributed by atoms with Crippen LogP contribution in [0.15, 0.2) is 34.0 Å². The van der Waals surface area contributed by atoms with Crippen molar-refractivity contribution >= 4 is 38.7 Å². The second-order valence-electron chi connectivity index (χ2n) is 6.15. The summed E-state index contributed by atoms with van der Waals surface area (Å²) in [7, 11) is 2.92. The number of aromatic nitrogens is 3. The van der Waals surface area contributed by atoms with E-state index in [0.717, 1.165) is 9.27 Å². The normalized spacial score (nSPS) is 13.2. The third-order valence-corrected chi connectivity index (χ3v) is 5.10. The Balaban J connectivity index is 1.55. The molecule has 28 heavy (non-hydrogen) atoms. The van der Waals surface area contributed by atoms with Crippen molar-refractivity contribution in [1.82, 2.24) is 14.1 Å². The molecule has 3 heterocycles. The van der Waals surface area contributed by atoms with Gasteiger partial charge >= 0.3 is 5.69 Å². The summed E-state index contributed by atoms with van der Waals surface area (Å²) in [6.45, 7) is 0.984. The Morgan fingerprint density at radius 2 is 1.93 bits per heavy atom. The molecule has 0 radical (unpaired) electrons. The highest BCUT2D eigenvalue weighted by Gasteiger charge is 2.15. The van der Waals surface area contributed by atoms with Gasteiger partial charge in [-0.2, -0.15) is 0 Å². The summed E-state index contributed by atoms with van der Waals surface area (Å²) in [6.07, 6.45) is 3.98. The van der Waals surface area contributed by atoms with Gasteiger partial charge in [-0.25, -0.2) is 9.78 Å². The Morgan fingerprint density at radius 1 is 1.21 bits per heavy atom. The molecule has 144 valence electrons. The van der Waals surface area contributed by atoms with Crippen LogP contribution in [0.5, 0.6) is 11.5 Å². The minimum atomic E-state index is -0.474. The number of rotatable bonds is 3. The Morgan fingerprint density at radius 3 is 2.68 bits per heavy atom. The lowest BCUT2D eigenvalue weighted by Gasteiger charge is -2.17. The Kier molecular flexibility index (Phi) is 4.47. The molecule has 1 aromatic carbocycles. The van der Waals surface area contributed by atoms with Gasteiger partial charge in [0.25, 0.3) is 5.56 Å². The van der Waals surface area contributed by atoms with Crippen LogP contribution in [-0.2, 0) is 18.9 Å². The molecule has 0 spiro atoms. The first-order chi connectivity index (χ1) is 13.4. The van der Waals surface area contributed by atoms with Gasteiger partial charge in [0.05, 0.1) is 15.8 Å². The van der Waals surface area contributed by atoms with E-state index in [2.05, 4.69) is 10.3 Å². The quantitative estimate of drug-likeness (QED) is 0.661. The highest BCUT2D eigenvalue weighted by Crippen LogP contribution is 2.37. The third kappa shape index (κ3) is 3.29. The van der Waals surface area contributed by atoms with Crippen LogP contribution in [0.1, 0.15) is 5.56 Å². The van der Waals surface area contributed by atoms with Crippen molar-refractivity contribution in [1.29, 1.82) is 0 Å². The predicted molar refractivity (Wildman–Crippen MR) is 105 cm³/mol.